The molecule has 2 rings (SSSR count). The lowest BCUT2D eigenvalue weighted by atomic mass is 9.86. The monoisotopic (exact) mass is 341 g/mol. The molecule has 126 valence electrons. The lowest BCUT2D eigenvalue weighted by molar-refractivity contribution is -0.139. The highest BCUT2D eigenvalue weighted by atomic mass is 32.2. The van der Waals surface area contributed by atoms with E-state index < -0.39 is 27.3 Å². The van der Waals surface area contributed by atoms with Crippen LogP contribution in [0.15, 0.2) is 29.2 Å². The first-order chi connectivity index (χ1) is 10.7. The number of benzene rings is 1. The summed E-state index contributed by atoms with van der Waals surface area (Å²) < 4.78 is 28.4. The van der Waals surface area contributed by atoms with Gasteiger partial charge in [0.1, 0.15) is 0 Å². The highest BCUT2D eigenvalue weighted by Gasteiger charge is 2.36. The second kappa shape index (κ2) is 6.67. The van der Waals surface area contributed by atoms with Gasteiger partial charge >= 0.3 is 5.97 Å². The number of aliphatic carboxylic acids is 1. The molecule has 1 amide bonds. The van der Waals surface area contributed by atoms with Crippen molar-refractivity contribution in [2.24, 2.45) is 0 Å². The third-order valence-corrected chi connectivity index (χ3v) is 4.95. The zero-order chi connectivity index (χ0) is 17.1. The molecule has 1 fully saturated rings. The van der Waals surface area contributed by atoms with E-state index in [1.807, 2.05) is 0 Å². The third kappa shape index (κ3) is 4.52. The Balaban J connectivity index is 2.23. The van der Waals surface area contributed by atoms with Crippen molar-refractivity contribution >= 4 is 21.7 Å². The fourth-order valence-corrected chi connectivity index (χ4v) is 3.25. The van der Waals surface area contributed by atoms with Gasteiger partial charge in [0.05, 0.1) is 16.9 Å². The summed E-state index contributed by atoms with van der Waals surface area (Å²) in [7, 11) is -3.42. The van der Waals surface area contributed by atoms with E-state index in [-0.39, 0.29) is 16.9 Å². The Morgan fingerprint density at radius 2 is 1.96 bits per heavy atom. The Kier molecular flexibility index (Phi) is 5.06. The van der Waals surface area contributed by atoms with Crippen LogP contribution < -0.4 is 5.32 Å². The number of carboxylic acids is 1. The smallest absolute Gasteiger partial charge is 0.305 e. The minimum absolute atomic E-state index is 0.0458. The average molecular weight is 341 g/mol. The summed E-state index contributed by atoms with van der Waals surface area (Å²) >= 11 is 0. The first kappa shape index (κ1) is 17.4. The van der Waals surface area contributed by atoms with Crippen LogP contribution in [0.2, 0.25) is 0 Å². The van der Waals surface area contributed by atoms with E-state index >= 15 is 0 Å². The van der Waals surface area contributed by atoms with E-state index in [1.54, 1.807) is 0 Å². The highest BCUT2D eigenvalue weighted by Crippen LogP contribution is 2.25. The Morgan fingerprint density at radius 1 is 1.30 bits per heavy atom. The molecule has 8 heteroatoms. The van der Waals surface area contributed by atoms with Gasteiger partial charge in [0.15, 0.2) is 9.84 Å². The van der Waals surface area contributed by atoms with Crippen molar-refractivity contribution in [2.75, 3.05) is 19.5 Å². The molecule has 1 aliphatic rings. The fraction of sp³-hybridized carbons (Fsp3) is 0.467. The van der Waals surface area contributed by atoms with Gasteiger partial charge in [-0.3, -0.25) is 9.59 Å². The Bertz CT molecular complexity index is 706. The summed E-state index contributed by atoms with van der Waals surface area (Å²) in [5.74, 6) is -1.49. The average Bonchev–Trinajstić information content (AvgIpc) is 2.46. The highest BCUT2D eigenvalue weighted by molar-refractivity contribution is 7.90. The summed E-state index contributed by atoms with van der Waals surface area (Å²) in [6.07, 6.45) is 1.66. The number of rotatable bonds is 5. The van der Waals surface area contributed by atoms with Crippen LogP contribution in [0.5, 0.6) is 0 Å². The van der Waals surface area contributed by atoms with Crippen molar-refractivity contribution in [3.8, 4) is 0 Å². The molecule has 1 heterocycles. The summed E-state index contributed by atoms with van der Waals surface area (Å²) in [6, 6.07) is 5.68. The standard InChI is InChI=1S/C15H19NO6S/c1-23(20,21)12-4-2-3-11(9-12)14(19)16-15(10-13(17)18)5-7-22-8-6-15/h2-4,9H,5-8,10H2,1H3,(H,16,19)(H,17,18). The number of ether oxygens (including phenoxy) is 1. The van der Waals surface area contributed by atoms with Crippen LogP contribution in [-0.2, 0) is 19.4 Å². The molecule has 1 aliphatic heterocycles. The molecule has 0 saturated carbocycles. The Morgan fingerprint density at radius 3 is 2.52 bits per heavy atom. The largest absolute Gasteiger partial charge is 0.481 e. The maximum atomic E-state index is 12.4. The van der Waals surface area contributed by atoms with Crippen LogP contribution in [0.25, 0.3) is 0 Å². The first-order valence-corrected chi connectivity index (χ1v) is 9.03. The number of sulfone groups is 1. The molecule has 0 unspecified atom stereocenters. The topological polar surface area (TPSA) is 110 Å². The van der Waals surface area contributed by atoms with Gasteiger partial charge in [0, 0.05) is 25.0 Å². The lowest BCUT2D eigenvalue weighted by Gasteiger charge is -2.36. The zero-order valence-electron chi connectivity index (χ0n) is 12.7. The molecule has 1 aromatic carbocycles. The lowest BCUT2D eigenvalue weighted by Crippen LogP contribution is -2.53. The molecule has 0 atom stereocenters. The number of hydrogen-bond acceptors (Lipinski definition) is 5. The van der Waals surface area contributed by atoms with E-state index in [4.69, 9.17) is 9.84 Å². The normalized spacial score (nSPS) is 17.4. The van der Waals surface area contributed by atoms with Crippen molar-refractivity contribution in [2.45, 2.75) is 29.7 Å². The summed E-state index contributed by atoms with van der Waals surface area (Å²) in [4.78, 5) is 23.6. The third-order valence-electron chi connectivity index (χ3n) is 3.84. The number of carbonyl (C=O) groups excluding carboxylic acids is 1. The summed E-state index contributed by atoms with van der Waals surface area (Å²) in [5, 5.41) is 11.9. The zero-order valence-corrected chi connectivity index (χ0v) is 13.6. The second-order valence-corrected chi connectivity index (χ2v) is 7.73. The van der Waals surface area contributed by atoms with Gasteiger partial charge < -0.3 is 15.2 Å². The summed E-state index contributed by atoms with van der Waals surface area (Å²) in [6.45, 7) is 0.744. The van der Waals surface area contributed by atoms with Gasteiger partial charge in [-0.2, -0.15) is 0 Å². The van der Waals surface area contributed by atoms with Gasteiger partial charge in [-0.15, -0.1) is 0 Å². The van der Waals surface area contributed by atoms with E-state index in [9.17, 15) is 18.0 Å². The van der Waals surface area contributed by atoms with Crippen LogP contribution >= 0.6 is 0 Å². The van der Waals surface area contributed by atoms with Gasteiger partial charge in [-0.05, 0) is 31.0 Å². The number of nitrogens with one attached hydrogen (secondary N) is 1. The predicted molar refractivity (Wildman–Crippen MR) is 82.1 cm³/mol. The molecule has 2 N–H and O–H groups in total. The maximum Gasteiger partial charge on any atom is 0.305 e. The van der Waals surface area contributed by atoms with Gasteiger partial charge in [-0.1, -0.05) is 6.07 Å². The van der Waals surface area contributed by atoms with Crippen molar-refractivity contribution in [3.63, 3.8) is 0 Å². The maximum absolute atomic E-state index is 12.4. The SMILES string of the molecule is CS(=O)(=O)c1cccc(C(=O)NC2(CC(=O)O)CCOCC2)c1. The van der Waals surface area contributed by atoms with Crippen molar-refractivity contribution < 1.29 is 27.9 Å². The van der Waals surface area contributed by atoms with Crippen molar-refractivity contribution in [1.82, 2.24) is 5.32 Å². The molecule has 0 aliphatic carbocycles. The fourth-order valence-electron chi connectivity index (χ4n) is 2.58. The molecule has 23 heavy (non-hydrogen) atoms. The van der Waals surface area contributed by atoms with Gasteiger partial charge in [-0.25, -0.2) is 8.42 Å². The van der Waals surface area contributed by atoms with Crippen LogP contribution in [0.4, 0.5) is 0 Å². The number of amides is 1. The van der Waals surface area contributed by atoms with E-state index in [1.165, 1.54) is 24.3 Å². The first-order valence-electron chi connectivity index (χ1n) is 7.14. The quantitative estimate of drug-likeness (QED) is 0.821. The number of hydrogen-bond donors (Lipinski definition) is 2. The van der Waals surface area contributed by atoms with Crippen molar-refractivity contribution in [3.05, 3.63) is 29.8 Å². The van der Waals surface area contributed by atoms with Gasteiger partial charge in [0.2, 0.25) is 0 Å². The molecule has 1 saturated heterocycles. The molecule has 1 aromatic rings. The van der Waals surface area contributed by atoms with Gasteiger partial charge in [0.25, 0.3) is 5.91 Å². The minimum atomic E-state index is -3.42. The van der Waals surface area contributed by atoms with Crippen LogP contribution in [0, 0.1) is 0 Å². The Labute approximate surface area is 134 Å². The van der Waals surface area contributed by atoms with Crippen LogP contribution in [0.1, 0.15) is 29.6 Å². The molecule has 0 spiro atoms. The molecule has 0 bridgehead atoms. The molecule has 0 radical (unpaired) electrons. The Hall–Kier alpha value is -1.93. The van der Waals surface area contributed by atoms with Crippen LogP contribution in [-0.4, -0.2) is 50.4 Å². The number of carbonyl (C=O) groups is 2. The molecule has 0 aromatic heterocycles. The van der Waals surface area contributed by atoms with Crippen molar-refractivity contribution in [1.29, 1.82) is 0 Å². The van der Waals surface area contributed by atoms with Crippen LogP contribution in [0.3, 0.4) is 0 Å². The second-order valence-electron chi connectivity index (χ2n) is 5.72. The minimum Gasteiger partial charge on any atom is -0.481 e. The number of carboxylic acid groups (broad SMARTS) is 1. The van der Waals surface area contributed by atoms with E-state index in [0.29, 0.717) is 26.1 Å². The molecule has 7 nitrogen and oxygen atoms in total. The molecular weight excluding hydrogens is 322 g/mol. The van der Waals surface area contributed by atoms with E-state index in [2.05, 4.69) is 5.32 Å². The summed E-state index contributed by atoms with van der Waals surface area (Å²) in [5.41, 5.74) is -0.688. The predicted octanol–water partition coefficient (Wildman–Crippen LogP) is 0.844. The molecular formula is C15H19NO6S. The van der Waals surface area contributed by atoms with E-state index in [0.717, 1.165) is 6.26 Å².